The van der Waals surface area contributed by atoms with Gasteiger partial charge in [-0.05, 0) is 12.1 Å². The molecule has 1 aliphatic rings. The van der Waals surface area contributed by atoms with Crippen LogP contribution in [0.5, 0.6) is 0 Å². The molecule has 0 atom stereocenters. The third kappa shape index (κ3) is 4.85. The second kappa shape index (κ2) is 9.11. The first-order chi connectivity index (χ1) is 11.6. The molecule has 8 heteroatoms. The predicted molar refractivity (Wildman–Crippen MR) is 84.0 cm³/mol. The fourth-order valence-electron chi connectivity index (χ4n) is 2.26. The van der Waals surface area contributed by atoms with Crippen molar-refractivity contribution in [2.45, 2.75) is 0 Å². The Balaban J connectivity index is 1.55. The molecular weight excluding hydrogens is 316 g/mol. The van der Waals surface area contributed by atoms with Gasteiger partial charge in [0.2, 0.25) is 0 Å². The molecule has 1 heterocycles. The Bertz CT molecular complexity index is 569. The van der Waals surface area contributed by atoms with Crippen molar-refractivity contribution in [1.29, 1.82) is 0 Å². The molecule has 0 saturated carbocycles. The van der Waals surface area contributed by atoms with Gasteiger partial charge in [0.1, 0.15) is 0 Å². The summed E-state index contributed by atoms with van der Waals surface area (Å²) < 4.78 is 10.6. The molecule has 1 aromatic carbocycles. The first-order valence-corrected chi connectivity index (χ1v) is 7.64. The van der Waals surface area contributed by atoms with Gasteiger partial charge in [-0.2, -0.15) is 0 Å². The number of rotatable bonds is 11. The number of amides is 2. The second-order valence-corrected chi connectivity index (χ2v) is 5.10. The van der Waals surface area contributed by atoms with Gasteiger partial charge in [0.05, 0.1) is 50.6 Å². The Morgan fingerprint density at radius 1 is 1.00 bits per heavy atom. The summed E-state index contributed by atoms with van der Waals surface area (Å²) in [6.45, 7) is 1.87. The van der Waals surface area contributed by atoms with E-state index in [2.05, 4.69) is 5.32 Å². The van der Waals surface area contributed by atoms with E-state index in [-0.39, 0.29) is 31.5 Å². The van der Waals surface area contributed by atoms with Gasteiger partial charge in [0.25, 0.3) is 11.8 Å². The van der Waals surface area contributed by atoms with Crippen LogP contribution in [0.1, 0.15) is 20.7 Å². The molecular formula is C16H20N2O6. The average Bonchev–Trinajstić information content (AvgIpc) is 2.81. The normalized spacial score (nSPS) is 13.4. The largest absolute Gasteiger partial charge is 0.480 e. The SMILES string of the molecule is O=C(O)CNCCOCCOCCN1C(=O)c2ccccc2C1=O. The molecule has 0 saturated heterocycles. The van der Waals surface area contributed by atoms with E-state index in [0.717, 1.165) is 0 Å². The average molecular weight is 336 g/mol. The molecule has 0 aromatic heterocycles. The van der Waals surface area contributed by atoms with Crippen molar-refractivity contribution in [3.05, 3.63) is 35.4 Å². The lowest BCUT2D eigenvalue weighted by Crippen LogP contribution is -2.33. The molecule has 8 nitrogen and oxygen atoms in total. The second-order valence-electron chi connectivity index (χ2n) is 5.10. The van der Waals surface area contributed by atoms with Gasteiger partial charge in [-0.3, -0.25) is 19.3 Å². The molecule has 0 radical (unpaired) electrons. The number of fused-ring (bicyclic) bond motifs is 1. The summed E-state index contributed by atoms with van der Waals surface area (Å²) in [5.41, 5.74) is 0.861. The van der Waals surface area contributed by atoms with Crippen LogP contribution in [0.25, 0.3) is 0 Å². The van der Waals surface area contributed by atoms with Crippen molar-refractivity contribution in [3.8, 4) is 0 Å². The van der Waals surface area contributed by atoms with Crippen LogP contribution in [0.2, 0.25) is 0 Å². The molecule has 0 fully saturated rings. The number of carboxylic acids is 1. The van der Waals surface area contributed by atoms with Crippen LogP contribution in [0.4, 0.5) is 0 Å². The van der Waals surface area contributed by atoms with E-state index in [9.17, 15) is 14.4 Å². The van der Waals surface area contributed by atoms with Crippen LogP contribution in [0.3, 0.4) is 0 Å². The number of carbonyl (C=O) groups is 3. The number of benzene rings is 1. The van der Waals surface area contributed by atoms with Crippen molar-refractivity contribution in [2.75, 3.05) is 46.1 Å². The van der Waals surface area contributed by atoms with E-state index in [4.69, 9.17) is 14.6 Å². The number of aliphatic carboxylic acids is 1. The van der Waals surface area contributed by atoms with Gasteiger partial charge >= 0.3 is 5.97 Å². The zero-order valence-electron chi connectivity index (χ0n) is 13.2. The highest BCUT2D eigenvalue weighted by Crippen LogP contribution is 2.21. The summed E-state index contributed by atoms with van der Waals surface area (Å²) in [7, 11) is 0. The Labute approximate surface area is 139 Å². The number of carboxylic acid groups (broad SMARTS) is 1. The summed E-state index contributed by atoms with van der Waals surface area (Å²) in [5, 5.41) is 11.1. The quantitative estimate of drug-likeness (QED) is 0.432. The Hall–Kier alpha value is -2.29. The summed E-state index contributed by atoms with van der Waals surface area (Å²) >= 11 is 0. The highest BCUT2D eigenvalue weighted by Gasteiger charge is 2.34. The first kappa shape index (κ1) is 18.1. The molecule has 24 heavy (non-hydrogen) atoms. The summed E-state index contributed by atoms with van der Waals surface area (Å²) in [5.74, 6) is -1.49. The summed E-state index contributed by atoms with van der Waals surface area (Å²) in [4.78, 5) is 35.6. The van der Waals surface area contributed by atoms with Crippen LogP contribution in [0.15, 0.2) is 24.3 Å². The lowest BCUT2D eigenvalue weighted by Gasteiger charge is -2.13. The smallest absolute Gasteiger partial charge is 0.317 e. The zero-order chi connectivity index (χ0) is 17.4. The van der Waals surface area contributed by atoms with Gasteiger partial charge in [0.15, 0.2) is 0 Å². The lowest BCUT2D eigenvalue weighted by atomic mass is 10.1. The minimum atomic E-state index is -0.911. The Morgan fingerprint density at radius 3 is 2.17 bits per heavy atom. The number of hydrogen-bond acceptors (Lipinski definition) is 6. The van der Waals surface area contributed by atoms with Gasteiger partial charge in [-0.15, -0.1) is 0 Å². The maximum absolute atomic E-state index is 12.1. The molecule has 1 aliphatic heterocycles. The van der Waals surface area contributed by atoms with E-state index in [1.165, 1.54) is 4.90 Å². The van der Waals surface area contributed by atoms with Crippen molar-refractivity contribution < 1.29 is 29.0 Å². The molecule has 1 aromatic rings. The van der Waals surface area contributed by atoms with E-state index < -0.39 is 5.97 Å². The minimum absolute atomic E-state index is 0.0971. The van der Waals surface area contributed by atoms with Crippen molar-refractivity contribution >= 4 is 17.8 Å². The van der Waals surface area contributed by atoms with Crippen molar-refractivity contribution in [2.24, 2.45) is 0 Å². The molecule has 2 N–H and O–H groups in total. The highest BCUT2D eigenvalue weighted by atomic mass is 16.5. The molecule has 0 aliphatic carbocycles. The fraction of sp³-hybridized carbons (Fsp3) is 0.438. The molecule has 0 bridgehead atoms. The summed E-state index contributed by atoms with van der Waals surface area (Å²) in [6.07, 6.45) is 0. The molecule has 0 spiro atoms. The van der Waals surface area contributed by atoms with Gasteiger partial charge in [-0.25, -0.2) is 0 Å². The molecule has 2 amide bonds. The van der Waals surface area contributed by atoms with Crippen LogP contribution < -0.4 is 5.32 Å². The number of hydrogen-bond donors (Lipinski definition) is 2. The summed E-state index contributed by atoms with van der Waals surface area (Å²) in [6, 6.07) is 6.74. The first-order valence-electron chi connectivity index (χ1n) is 7.64. The van der Waals surface area contributed by atoms with Crippen molar-refractivity contribution in [3.63, 3.8) is 0 Å². The fourth-order valence-corrected chi connectivity index (χ4v) is 2.26. The molecule has 0 unspecified atom stereocenters. The predicted octanol–water partition coefficient (Wildman–Crippen LogP) is -0.01000. The third-order valence-electron chi connectivity index (χ3n) is 3.41. The van der Waals surface area contributed by atoms with Crippen LogP contribution >= 0.6 is 0 Å². The number of imide groups is 1. The highest BCUT2D eigenvalue weighted by molar-refractivity contribution is 6.21. The third-order valence-corrected chi connectivity index (χ3v) is 3.41. The van der Waals surface area contributed by atoms with Crippen LogP contribution in [-0.2, 0) is 14.3 Å². The van der Waals surface area contributed by atoms with Gasteiger partial charge in [0, 0.05) is 6.54 Å². The Kier molecular flexibility index (Phi) is 6.86. The number of nitrogens with zero attached hydrogens (tertiary/aromatic N) is 1. The Morgan fingerprint density at radius 2 is 1.58 bits per heavy atom. The van der Waals surface area contributed by atoms with Crippen molar-refractivity contribution in [1.82, 2.24) is 10.2 Å². The van der Waals surface area contributed by atoms with E-state index in [1.807, 2.05) is 0 Å². The molecule has 2 rings (SSSR count). The maximum atomic E-state index is 12.1. The number of carbonyl (C=O) groups excluding carboxylic acids is 2. The maximum Gasteiger partial charge on any atom is 0.317 e. The zero-order valence-corrected chi connectivity index (χ0v) is 13.2. The number of nitrogens with one attached hydrogen (secondary N) is 1. The monoisotopic (exact) mass is 336 g/mol. The van der Waals surface area contributed by atoms with E-state index >= 15 is 0 Å². The van der Waals surface area contributed by atoms with Gasteiger partial charge in [-0.1, -0.05) is 12.1 Å². The van der Waals surface area contributed by atoms with E-state index in [1.54, 1.807) is 24.3 Å². The van der Waals surface area contributed by atoms with E-state index in [0.29, 0.717) is 37.5 Å². The number of ether oxygens (including phenoxy) is 2. The van der Waals surface area contributed by atoms with Gasteiger partial charge < -0.3 is 19.9 Å². The van der Waals surface area contributed by atoms with Crippen LogP contribution in [-0.4, -0.2) is 73.9 Å². The topological polar surface area (TPSA) is 105 Å². The minimum Gasteiger partial charge on any atom is -0.480 e. The van der Waals surface area contributed by atoms with Crippen LogP contribution in [0, 0.1) is 0 Å². The lowest BCUT2D eigenvalue weighted by molar-refractivity contribution is -0.136. The standard InChI is InChI=1S/C16H20N2O6/c19-14(20)11-17-5-7-23-9-10-24-8-6-18-15(21)12-3-1-2-4-13(12)16(18)22/h1-4,17H,5-11H2,(H,19,20). The molecule has 130 valence electrons.